The Morgan fingerprint density at radius 2 is 1.67 bits per heavy atom. The molecule has 0 saturated heterocycles. The molecule has 5 heteroatoms. The number of nitrogens with one attached hydrogen (secondary N) is 1. The van der Waals surface area contributed by atoms with Gasteiger partial charge in [-0.2, -0.15) is 0 Å². The molecule has 2 aromatic carbocycles. The Morgan fingerprint density at radius 3 is 2.29 bits per heavy atom. The van der Waals surface area contributed by atoms with Crippen molar-refractivity contribution < 1.29 is 8.42 Å². The maximum absolute atomic E-state index is 12.4. The van der Waals surface area contributed by atoms with Gasteiger partial charge in [0.25, 0.3) is 0 Å². The van der Waals surface area contributed by atoms with E-state index in [1.54, 1.807) is 24.3 Å². The van der Waals surface area contributed by atoms with E-state index < -0.39 is 10.0 Å². The van der Waals surface area contributed by atoms with E-state index in [1.165, 1.54) is 0 Å². The molecule has 3 nitrogen and oxygen atoms in total. The fourth-order valence-corrected chi connectivity index (χ4v) is 3.69. The van der Waals surface area contributed by atoms with Crippen molar-refractivity contribution >= 4 is 26.0 Å². The first kappa shape index (κ1) is 16.2. The fourth-order valence-electron chi connectivity index (χ4n) is 2.20. The quantitative estimate of drug-likeness (QED) is 0.883. The van der Waals surface area contributed by atoms with Gasteiger partial charge in [0.05, 0.1) is 4.90 Å². The molecule has 1 N–H and O–H groups in total. The first-order valence-corrected chi connectivity index (χ1v) is 8.92. The van der Waals surface area contributed by atoms with Crippen LogP contribution in [0.25, 0.3) is 0 Å². The number of hydrogen-bond donors (Lipinski definition) is 1. The van der Waals surface area contributed by atoms with Crippen LogP contribution >= 0.6 is 15.9 Å². The number of benzene rings is 2. The van der Waals surface area contributed by atoms with Gasteiger partial charge in [-0.05, 0) is 56.2 Å². The molecule has 112 valence electrons. The minimum atomic E-state index is -3.52. The van der Waals surface area contributed by atoms with Gasteiger partial charge in [0.2, 0.25) is 10.0 Å². The van der Waals surface area contributed by atoms with Crippen LogP contribution in [-0.4, -0.2) is 8.42 Å². The summed E-state index contributed by atoms with van der Waals surface area (Å²) in [5, 5.41) is 0. The molecule has 0 heterocycles. The van der Waals surface area contributed by atoms with Gasteiger partial charge >= 0.3 is 0 Å². The van der Waals surface area contributed by atoms with Crippen molar-refractivity contribution in [3.05, 3.63) is 63.6 Å². The molecule has 0 amide bonds. The molecular formula is C16H18BrNO2S. The van der Waals surface area contributed by atoms with Crippen molar-refractivity contribution in [1.82, 2.24) is 4.72 Å². The summed E-state index contributed by atoms with van der Waals surface area (Å²) in [5.74, 6) is 0. The second-order valence-electron chi connectivity index (χ2n) is 5.16. The van der Waals surface area contributed by atoms with Crippen LogP contribution in [0.2, 0.25) is 0 Å². The van der Waals surface area contributed by atoms with Gasteiger partial charge in [-0.25, -0.2) is 13.1 Å². The molecule has 0 aromatic heterocycles. The van der Waals surface area contributed by atoms with Crippen molar-refractivity contribution in [3.8, 4) is 0 Å². The highest BCUT2D eigenvalue weighted by Crippen LogP contribution is 2.22. The lowest BCUT2D eigenvalue weighted by molar-refractivity contribution is 0.566. The van der Waals surface area contributed by atoms with Crippen LogP contribution in [0.1, 0.15) is 29.7 Å². The first-order valence-electron chi connectivity index (χ1n) is 6.64. The number of halogens is 1. The SMILES string of the molecule is Cc1ccc(C)c([C@@H](C)NS(=O)(=O)c2ccc(Br)cc2)c1. The Labute approximate surface area is 134 Å². The molecule has 0 aliphatic heterocycles. The van der Waals surface area contributed by atoms with Crippen LogP contribution in [-0.2, 0) is 10.0 Å². The largest absolute Gasteiger partial charge is 0.241 e. The summed E-state index contributed by atoms with van der Waals surface area (Å²) >= 11 is 3.30. The van der Waals surface area contributed by atoms with Crippen LogP contribution < -0.4 is 4.72 Å². The highest BCUT2D eigenvalue weighted by Gasteiger charge is 2.19. The average Bonchev–Trinajstić information content (AvgIpc) is 2.41. The summed E-state index contributed by atoms with van der Waals surface area (Å²) in [6.07, 6.45) is 0. The average molecular weight is 368 g/mol. The molecule has 21 heavy (non-hydrogen) atoms. The highest BCUT2D eigenvalue weighted by atomic mass is 79.9. The third kappa shape index (κ3) is 3.93. The van der Waals surface area contributed by atoms with E-state index >= 15 is 0 Å². The summed E-state index contributed by atoms with van der Waals surface area (Å²) in [7, 11) is -3.52. The molecule has 0 aliphatic rings. The topological polar surface area (TPSA) is 46.2 Å². The third-order valence-electron chi connectivity index (χ3n) is 3.36. The van der Waals surface area contributed by atoms with Crippen LogP contribution in [0, 0.1) is 13.8 Å². The van der Waals surface area contributed by atoms with E-state index in [-0.39, 0.29) is 10.9 Å². The van der Waals surface area contributed by atoms with E-state index in [9.17, 15) is 8.42 Å². The predicted molar refractivity (Wildman–Crippen MR) is 88.8 cm³/mol. The zero-order valence-corrected chi connectivity index (χ0v) is 14.6. The Kier molecular flexibility index (Phi) is 4.86. The van der Waals surface area contributed by atoms with Gasteiger partial charge in [-0.15, -0.1) is 0 Å². The Morgan fingerprint density at radius 1 is 1.05 bits per heavy atom. The summed E-state index contributed by atoms with van der Waals surface area (Å²) in [6.45, 7) is 5.84. The van der Waals surface area contributed by atoms with E-state index in [0.29, 0.717) is 0 Å². The van der Waals surface area contributed by atoms with Crippen molar-refractivity contribution in [2.24, 2.45) is 0 Å². The molecular weight excluding hydrogens is 350 g/mol. The molecule has 1 atom stereocenters. The normalized spacial score (nSPS) is 13.1. The summed E-state index contributed by atoms with van der Waals surface area (Å²) < 4.78 is 28.4. The number of hydrogen-bond acceptors (Lipinski definition) is 2. The summed E-state index contributed by atoms with van der Waals surface area (Å²) in [6, 6.07) is 12.4. The maximum Gasteiger partial charge on any atom is 0.241 e. The Bertz CT molecular complexity index is 739. The first-order chi connectivity index (χ1) is 9.79. The lowest BCUT2D eigenvalue weighted by Crippen LogP contribution is -2.27. The molecule has 0 unspecified atom stereocenters. The standard InChI is InChI=1S/C16H18BrNO2S/c1-11-4-5-12(2)16(10-11)13(3)18-21(19,20)15-8-6-14(17)7-9-15/h4-10,13,18H,1-3H3/t13-/m1/s1. The second-order valence-corrected chi connectivity index (χ2v) is 7.79. The van der Waals surface area contributed by atoms with Gasteiger partial charge in [0.15, 0.2) is 0 Å². The van der Waals surface area contributed by atoms with Gasteiger partial charge in [-0.3, -0.25) is 0 Å². The second kappa shape index (κ2) is 6.30. The van der Waals surface area contributed by atoms with Crippen molar-refractivity contribution in [3.63, 3.8) is 0 Å². The molecule has 0 bridgehead atoms. The number of sulfonamides is 1. The maximum atomic E-state index is 12.4. The minimum Gasteiger partial charge on any atom is -0.207 e. The number of aryl methyl sites for hydroxylation is 2. The molecule has 2 aromatic rings. The van der Waals surface area contributed by atoms with E-state index in [1.807, 2.05) is 39.0 Å². The molecule has 0 fully saturated rings. The third-order valence-corrected chi connectivity index (χ3v) is 5.44. The van der Waals surface area contributed by atoms with Gasteiger partial charge < -0.3 is 0 Å². The van der Waals surface area contributed by atoms with Crippen molar-refractivity contribution in [1.29, 1.82) is 0 Å². The minimum absolute atomic E-state index is 0.267. The zero-order valence-electron chi connectivity index (χ0n) is 12.2. The van der Waals surface area contributed by atoms with Crippen molar-refractivity contribution in [2.45, 2.75) is 31.7 Å². The van der Waals surface area contributed by atoms with Gasteiger partial charge in [-0.1, -0.05) is 39.7 Å². The van der Waals surface area contributed by atoms with Gasteiger partial charge in [0.1, 0.15) is 0 Å². The lowest BCUT2D eigenvalue weighted by atomic mass is 10.0. The molecule has 0 radical (unpaired) electrons. The summed E-state index contributed by atoms with van der Waals surface area (Å²) in [5.41, 5.74) is 3.19. The smallest absolute Gasteiger partial charge is 0.207 e. The number of rotatable bonds is 4. The molecule has 0 spiro atoms. The Hall–Kier alpha value is -1.17. The lowest BCUT2D eigenvalue weighted by Gasteiger charge is -2.17. The van der Waals surface area contributed by atoms with Crippen molar-refractivity contribution in [2.75, 3.05) is 0 Å². The van der Waals surface area contributed by atoms with E-state index in [0.717, 1.165) is 21.2 Å². The molecule has 0 saturated carbocycles. The van der Waals surface area contributed by atoms with Crippen LogP contribution in [0.15, 0.2) is 51.8 Å². The summed E-state index contributed by atoms with van der Waals surface area (Å²) in [4.78, 5) is 0.267. The van der Waals surface area contributed by atoms with Crippen LogP contribution in [0.4, 0.5) is 0 Å². The molecule has 0 aliphatic carbocycles. The monoisotopic (exact) mass is 367 g/mol. The van der Waals surface area contributed by atoms with Crippen LogP contribution in [0.5, 0.6) is 0 Å². The van der Waals surface area contributed by atoms with E-state index in [4.69, 9.17) is 0 Å². The fraction of sp³-hybridized carbons (Fsp3) is 0.250. The van der Waals surface area contributed by atoms with Crippen LogP contribution in [0.3, 0.4) is 0 Å². The zero-order chi connectivity index (χ0) is 15.6. The van der Waals surface area contributed by atoms with Gasteiger partial charge in [0, 0.05) is 10.5 Å². The van der Waals surface area contributed by atoms with E-state index in [2.05, 4.69) is 20.7 Å². The predicted octanol–water partition coefficient (Wildman–Crippen LogP) is 4.11. The highest BCUT2D eigenvalue weighted by molar-refractivity contribution is 9.10. The Balaban J connectivity index is 2.27. The molecule has 2 rings (SSSR count).